The summed E-state index contributed by atoms with van der Waals surface area (Å²) in [6.07, 6.45) is 0.633. The predicted molar refractivity (Wildman–Crippen MR) is 54.0 cm³/mol. The third-order valence-corrected chi connectivity index (χ3v) is 3.96. The van der Waals surface area contributed by atoms with Gasteiger partial charge < -0.3 is 5.32 Å². The standard InChI is InChI=1S/C10H13NOS/c1-7-3-4-13-9(7)10(2)5-8(12)11-6-10/h3-4H,5-6H2,1-2H3,(H,11,12). The molecule has 0 radical (unpaired) electrons. The van der Waals surface area contributed by atoms with E-state index in [1.165, 1.54) is 10.4 Å². The molecule has 1 aliphatic heterocycles. The van der Waals surface area contributed by atoms with Gasteiger partial charge in [0.2, 0.25) is 5.91 Å². The summed E-state index contributed by atoms with van der Waals surface area (Å²) < 4.78 is 0. The SMILES string of the molecule is Cc1ccsc1C1(C)CNC(=O)C1. The number of aryl methyl sites for hydroxylation is 1. The van der Waals surface area contributed by atoms with Crippen LogP contribution >= 0.6 is 11.3 Å². The van der Waals surface area contributed by atoms with Crippen LogP contribution in [0.15, 0.2) is 11.4 Å². The number of carbonyl (C=O) groups is 1. The van der Waals surface area contributed by atoms with Crippen LogP contribution in [-0.4, -0.2) is 12.5 Å². The van der Waals surface area contributed by atoms with Gasteiger partial charge in [-0.15, -0.1) is 11.3 Å². The van der Waals surface area contributed by atoms with Crippen LogP contribution in [0.4, 0.5) is 0 Å². The average molecular weight is 195 g/mol. The zero-order chi connectivity index (χ0) is 9.47. The maximum Gasteiger partial charge on any atom is 0.221 e. The van der Waals surface area contributed by atoms with Crippen molar-refractivity contribution in [2.45, 2.75) is 25.7 Å². The first-order chi connectivity index (χ1) is 6.12. The van der Waals surface area contributed by atoms with E-state index in [1.54, 1.807) is 11.3 Å². The van der Waals surface area contributed by atoms with Gasteiger partial charge >= 0.3 is 0 Å². The van der Waals surface area contributed by atoms with Crippen molar-refractivity contribution < 1.29 is 4.79 Å². The largest absolute Gasteiger partial charge is 0.355 e. The molecule has 1 unspecified atom stereocenters. The van der Waals surface area contributed by atoms with E-state index in [0.717, 1.165) is 6.54 Å². The molecule has 1 saturated heterocycles. The molecular weight excluding hydrogens is 182 g/mol. The maximum absolute atomic E-state index is 11.2. The minimum Gasteiger partial charge on any atom is -0.355 e. The molecule has 2 heterocycles. The molecule has 1 atom stereocenters. The van der Waals surface area contributed by atoms with Crippen LogP contribution < -0.4 is 5.32 Å². The topological polar surface area (TPSA) is 29.1 Å². The molecule has 0 aliphatic carbocycles. The zero-order valence-electron chi connectivity index (χ0n) is 7.89. The predicted octanol–water partition coefficient (Wildman–Crippen LogP) is 1.83. The fourth-order valence-electron chi connectivity index (χ4n) is 1.92. The number of hydrogen-bond donors (Lipinski definition) is 1. The van der Waals surface area contributed by atoms with Gasteiger partial charge in [-0.25, -0.2) is 0 Å². The summed E-state index contributed by atoms with van der Waals surface area (Å²) >= 11 is 1.76. The number of rotatable bonds is 1. The molecule has 0 saturated carbocycles. The van der Waals surface area contributed by atoms with Gasteiger partial charge in [-0.05, 0) is 23.9 Å². The Morgan fingerprint density at radius 1 is 1.62 bits per heavy atom. The van der Waals surface area contributed by atoms with Gasteiger partial charge in [0.25, 0.3) is 0 Å². The molecule has 1 fully saturated rings. The first-order valence-electron chi connectivity index (χ1n) is 4.43. The highest BCUT2D eigenvalue weighted by molar-refractivity contribution is 7.10. The van der Waals surface area contributed by atoms with Crippen LogP contribution in [0.3, 0.4) is 0 Å². The molecule has 2 rings (SSSR count). The van der Waals surface area contributed by atoms with Crippen molar-refractivity contribution in [3.63, 3.8) is 0 Å². The lowest BCUT2D eigenvalue weighted by Crippen LogP contribution is -2.24. The molecule has 70 valence electrons. The van der Waals surface area contributed by atoms with Crippen LogP contribution in [0.1, 0.15) is 23.8 Å². The molecule has 1 aromatic heterocycles. The normalized spacial score (nSPS) is 27.7. The van der Waals surface area contributed by atoms with Crippen molar-refractivity contribution in [3.8, 4) is 0 Å². The van der Waals surface area contributed by atoms with E-state index in [-0.39, 0.29) is 11.3 Å². The molecule has 3 heteroatoms. The van der Waals surface area contributed by atoms with E-state index in [2.05, 4.69) is 30.6 Å². The second-order valence-electron chi connectivity index (χ2n) is 3.95. The van der Waals surface area contributed by atoms with Crippen LogP contribution in [0.25, 0.3) is 0 Å². The van der Waals surface area contributed by atoms with E-state index in [1.807, 2.05) is 0 Å². The molecule has 13 heavy (non-hydrogen) atoms. The van der Waals surface area contributed by atoms with Crippen LogP contribution in [0.2, 0.25) is 0 Å². The minimum atomic E-state index is 0.0370. The lowest BCUT2D eigenvalue weighted by Gasteiger charge is -2.20. The quantitative estimate of drug-likeness (QED) is 0.728. The van der Waals surface area contributed by atoms with Gasteiger partial charge in [0, 0.05) is 23.3 Å². The summed E-state index contributed by atoms with van der Waals surface area (Å²) in [5.41, 5.74) is 1.35. The average Bonchev–Trinajstić information content (AvgIpc) is 2.59. The van der Waals surface area contributed by atoms with Gasteiger partial charge in [-0.1, -0.05) is 6.92 Å². The molecule has 1 aromatic rings. The van der Waals surface area contributed by atoms with Gasteiger partial charge in [0.05, 0.1) is 0 Å². The monoisotopic (exact) mass is 195 g/mol. The van der Waals surface area contributed by atoms with E-state index in [4.69, 9.17) is 0 Å². The van der Waals surface area contributed by atoms with Crippen LogP contribution in [-0.2, 0) is 10.2 Å². The maximum atomic E-state index is 11.2. The Balaban J connectivity index is 2.35. The number of hydrogen-bond acceptors (Lipinski definition) is 2. The van der Waals surface area contributed by atoms with Gasteiger partial charge in [0.1, 0.15) is 0 Å². The highest BCUT2D eigenvalue weighted by atomic mass is 32.1. The molecule has 1 N–H and O–H groups in total. The van der Waals surface area contributed by atoms with Crippen molar-refractivity contribution in [1.82, 2.24) is 5.32 Å². The van der Waals surface area contributed by atoms with Gasteiger partial charge in [-0.3, -0.25) is 4.79 Å². The summed E-state index contributed by atoms with van der Waals surface area (Å²) in [5, 5.41) is 4.99. The van der Waals surface area contributed by atoms with Crippen molar-refractivity contribution in [2.75, 3.05) is 6.54 Å². The Hall–Kier alpha value is -0.830. The van der Waals surface area contributed by atoms with Crippen molar-refractivity contribution in [2.24, 2.45) is 0 Å². The fraction of sp³-hybridized carbons (Fsp3) is 0.500. The molecule has 0 spiro atoms. The first-order valence-corrected chi connectivity index (χ1v) is 5.31. The van der Waals surface area contributed by atoms with E-state index >= 15 is 0 Å². The summed E-state index contributed by atoms with van der Waals surface area (Å²) in [7, 11) is 0. The minimum absolute atomic E-state index is 0.0370. The highest BCUT2D eigenvalue weighted by Gasteiger charge is 2.37. The zero-order valence-corrected chi connectivity index (χ0v) is 8.70. The summed E-state index contributed by atoms with van der Waals surface area (Å²) in [6, 6.07) is 2.12. The van der Waals surface area contributed by atoms with Crippen molar-refractivity contribution >= 4 is 17.2 Å². The molecule has 1 aliphatic rings. The molecule has 0 aromatic carbocycles. The van der Waals surface area contributed by atoms with E-state index in [9.17, 15) is 4.79 Å². The van der Waals surface area contributed by atoms with Crippen LogP contribution in [0, 0.1) is 6.92 Å². The number of carbonyl (C=O) groups excluding carboxylic acids is 1. The lowest BCUT2D eigenvalue weighted by atomic mass is 9.86. The van der Waals surface area contributed by atoms with Crippen molar-refractivity contribution in [1.29, 1.82) is 0 Å². The Labute approximate surface area is 82.0 Å². The Morgan fingerprint density at radius 3 is 2.85 bits per heavy atom. The third kappa shape index (κ3) is 1.37. The first kappa shape index (κ1) is 8.75. The Morgan fingerprint density at radius 2 is 2.38 bits per heavy atom. The smallest absolute Gasteiger partial charge is 0.221 e. The molecular formula is C10H13NOS. The lowest BCUT2D eigenvalue weighted by molar-refractivity contribution is -0.119. The highest BCUT2D eigenvalue weighted by Crippen LogP contribution is 2.36. The van der Waals surface area contributed by atoms with Gasteiger partial charge in [-0.2, -0.15) is 0 Å². The summed E-state index contributed by atoms with van der Waals surface area (Å²) in [5.74, 6) is 0.176. The fourth-order valence-corrected chi connectivity index (χ4v) is 3.02. The Bertz CT molecular complexity index is 344. The molecule has 2 nitrogen and oxygen atoms in total. The number of nitrogens with one attached hydrogen (secondary N) is 1. The van der Waals surface area contributed by atoms with Crippen LogP contribution in [0.5, 0.6) is 0 Å². The Kier molecular flexibility index (Phi) is 1.91. The third-order valence-electron chi connectivity index (χ3n) is 2.64. The molecule has 0 bridgehead atoms. The second-order valence-corrected chi connectivity index (χ2v) is 4.86. The number of amides is 1. The van der Waals surface area contributed by atoms with E-state index in [0.29, 0.717) is 6.42 Å². The molecule has 1 amide bonds. The van der Waals surface area contributed by atoms with Crippen molar-refractivity contribution in [3.05, 3.63) is 21.9 Å². The summed E-state index contributed by atoms with van der Waals surface area (Å²) in [6.45, 7) is 5.05. The number of thiophene rings is 1. The summed E-state index contributed by atoms with van der Waals surface area (Å²) in [4.78, 5) is 12.5. The van der Waals surface area contributed by atoms with Gasteiger partial charge in [0.15, 0.2) is 0 Å². The van der Waals surface area contributed by atoms with E-state index < -0.39 is 0 Å². The second kappa shape index (κ2) is 2.84.